The molecule has 1 aromatic carbocycles. The van der Waals surface area contributed by atoms with Crippen LogP contribution in [0.5, 0.6) is 0 Å². The lowest BCUT2D eigenvalue weighted by molar-refractivity contribution is -0.137. The molecule has 0 spiro atoms. The number of piperazine rings is 1. The number of nitrogens with zero attached hydrogens (tertiary/aromatic N) is 3. The van der Waals surface area contributed by atoms with Gasteiger partial charge in [-0.25, -0.2) is 4.98 Å². The minimum Gasteiger partial charge on any atom is -0.352 e. The monoisotopic (exact) mass is 417 g/mol. The van der Waals surface area contributed by atoms with Crippen LogP contribution < -0.4 is 4.90 Å². The van der Waals surface area contributed by atoms with Gasteiger partial charge in [0.05, 0.1) is 17.0 Å². The summed E-state index contributed by atoms with van der Waals surface area (Å²) >= 11 is 12.1. The average Bonchev–Trinajstić information content (AvgIpc) is 2.63. The van der Waals surface area contributed by atoms with Gasteiger partial charge in [0.1, 0.15) is 5.82 Å². The van der Waals surface area contributed by atoms with Crippen molar-refractivity contribution >= 4 is 34.9 Å². The van der Waals surface area contributed by atoms with Gasteiger partial charge in [0.2, 0.25) is 5.91 Å². The second kappa shape index (κ2) is 7.94. The first-order valence-electron chi connectivity index (χ1n) is 8.24. The summed E-state index contributed by atoms with van der Waals surface area (Å²) in [5.74, 6) is 0.247. The highest BCUT2D eigenvalue weighted by Crippen LogP contribution is 2.33. The van der Waals surface area contributed by atoms with Crippen LogP contribution in [0.1, 0.15) is 11.1 Å². The lowest BCUT2D eigenvalue weighted by Crippen LogP contribution is -2.49. The highest BCUT2D eigenvalue weighted by molar-refractivity contribution is 6.33. The number of hydrogen-bond donors (Lipinski definition) is 0. The Morgan fingerprint density at radius 1 is 1.07 bits per heavy atom. The molecule has 0 bridgehead atoms. The van der Waals surface area contributed by atoms with E-state index >= 15 is 0 Å². The van der Waals surface area contributed by atoms with E-state index in [0.29, 0.717) is 37.0 Å². The fourth-order valence-electron chi connectivity index (χ4n) is 2.90. The third-order valence-corrected chi connectivity index (χ3v) is 5.03. The molecule has 0 unspecified atom stereocenters. The summed E-state index contributed by atoms with van der Waals surface area (Å²) in [4.78, 5) is 19.8. The number of carbonyl (C=O) groups excluding carboxylic acids is 1. The van der Waals surface area contributed by atoms with Gasteiger partial charge >= 0.3 is 6.18 Å². The first-order valence-corrected chi connectivity index (χ1v) is 9.00. The number of hydrogen-bond acceptors (Lipinski definition) is 3. The van der Waals surface area contributed by atoms with Crippen LogP contribution in [0, 0.1) is 0 Å². The number of benzene rings is 1. The quantitative estimate of drug-likeness (QED) is 0.746. The molecule has 9 heteroatoms. The van der Waals surface area contributed by atoms with E-state index in [1.54, 1.807) is 21.9 Å². The molecule has 1 aromatic heterocycles. The minimum absolute atomic E-state index is 0.0470. The Morgan fingerprint density at radius 3 is 2.33 bits per heavy atom. The van der Waals surface area contributed by atoms with Crippen LogP contribution in [0.2, 0.25) is 10.0 Å². The zero-order valence-electron chi connectivity index (χ0n) is 14.1. The van der Waals surface area contributed by atoms with Crippen LogP contribution in [0.25, 0.3) is 0 Å². The Hall–Kier alpha value is -1.99. The summed E-state index contributed by atoms with van der Waals surface area (Å²) in [6.45, 7) is 1.74. The number of carbonyl (C=O) groups is 1. The SMILES string of the molecule is O=C(Cc1ccccc1Cl)N1CCN(c2ncc(C(F)(F)F)cc2Cl)CC1. The van der Waals surface area contributed by atoms with Gasteiger partial charge < -0.3 is 9.80 Å². The van der Waals surface area contributed by atoms with Crippen molar-refractivity contribution in [2.75, 3.05) is 31.1 Å². The maximum Gasteiger partial charge on any atom is 0.417 e. The van der Waals surface area contributed by atoms with Gasteiger partial charge in [0.25, 0.3) is 0 Å². The Labute approximate surface area is 164 Å². The molecule has 1 aliphatic heterocycles. The fourth-order valence-corrected chi connectivity index (χ4v) is 3.39. The Bertz CT molecular complexity index is 837. The number of amides is 1. The van der Waals surface area contributed by atoms with Gasteiger partial charge in [-0.1, -0.05) is 41.4 Å². The van der Waals surface area contributed by atoms with Crippen LogP contribution in [0.15, 0.2) is 36.5 Å². The molecular formula is C18H16Cl2F3N3O. The number of halogens is 5. The Kier molecular flexibility index (Phi) is 5.81. The van der Waals surface area contributed by atoms with Crippen LogP contribution in [-0.2, 0) is 17.4 Å². The van der Waals surface area contributed by atoms with Crippen molar-refractivity contribution in [2.24, 2.45) is 0 Å². The minimum atomic E-state index is -4.49. The van der Waals surface area contributed by atoms with Crippen LogP contribution in [0.3, 0.4) is 0 Å². The van der Waals surface area contributed by atoms with E-state index in [9.17, 15) is 18.0 Å². The molecule has 0 saturated carbocycles. The Balaban J connectivity index is 1.62. The molecule has 0 aliphatic carbocycles. The largest absolute Gasteiger partial charge is 0.417 e. The van der Waals surface area contributed by atoms with Crippen molar-refractivity contribution in [3.05, 3.63) is 57.7 Å². The van der Waals surface area contributed by atoms with Crippen molar-refractivity contribution in [1.29, 1.82) is 0 Å². The Morgan fingerprint density at radius 2 is 1.74 bits per heavy atom. The number of rotatable bonds is 3. The number of aromatic nitrogens is 1. The maximum atomic E-state index is 12.7. The third kappa shape index (κ3) is 4.65. The molecule has 1 fully saturated rings. The van der Waals surface area contributed by atoms with E-state index in [4.69, 9.17) is 23.2 Å². The molecule has 2 heterocycles. The number of pyridine rings is 1. The predicted molar refractivity (Wildman–Crippen MR) is 98.2 cm³/mol. The summed E-state index contributed by atoms with van der Waals surface area (Å²) in [7, 11) is 0. The zero-order chi connectivity index (χ0) is 19.6. The van der Waals surface area contributed by atoms with Crippen LogP contribution in [0.4, 0.5) is 19.0 Å². The molecule has 2 aromatic rings. The van der Waals surface area contributed by atoms with E-state index in [0.717, 1.165) is 17.8 Å². The first-order chi connectivity index (χ1) is 12.8. The molecule has 4 nitrogen and oxygen atoms in total. The maximum absolute atomic E-state index is 12.7. The summed E-state index contributed by atoms with van der Waals surface area (Å²) in [5, 5.41) is 0.492. The second-order valence-electron chi connectivity index (χ2n) is 6.16. The molecule has 0 N–H and O–H groups in total. The van der Waals surface area contributed by atoms with Gasteiger partial charge in [0.15, 0.2) is 0 Å². The van der Waals surface area contributed by atoms with E-state index < -0.39 is 11.7 Å². The standard InChI is InChI=1S/C18H16Cl2F3N3O/c19-14-4-2-1-3-12(14)9-16(27)25-5-7-26(8-6-25)17-15(20)10-13(11-24-17)18(21,22)23/h1-4,10-11H,5-9H2. The van der Waals surface area contributed by atoms with Crippen LogP contribution >= 0.6 is 23.2 Å². The molecule has 1 saturated heterocycles. The molecule has 144 valence electrons. The predicted octanol–water partition coefficient (Wildman–Crippen LogP) is 4.30. The van der Waals surface area contributed by atoms with Gasteiger partial charge in [-0.15, -0.1) is 0 Å². The second-order valence-corrected chi connectivity index (χ2v) is 6.98. The van der Waals surface area contributed by atoms with E-state index in [1.807, 2.05) is 12.1 Å². The molecule has 3 rings (SSSR count). The molecule has 1 aliphatic rings. The van der Waals surface area contributed by atoms with Crippen molar-refractivity contribution < 1.29 is 18.0 Å². The lowest BCUT2D eigenvalue weighted by Gasteiger charge is -2.36. The van der Waals surface area contributed by atoms with Crippen LogP contribution in [-0.4, -0.2) is 42.0 Å². The van der Waals surface area contributed by atoms with Gasteiger partial charge in [-0.05, 0) is 17.7 Å². The van der Waals surface area contributed by atoms with Crippen molar-refractivity contribution in [1.82, 2.24) is 9.88 Å². The van der Waals surface area contributed by atoms with E-state index in [1.165, 1.54) is 0 Å². The van der Waals surface area contributed by atoms with Crippen molar-refractivity contribution in [2.45, 2.75) is 12.6 Å². The number of alkyl halides is 3. The summed E-state index contributed by atoms with van der Waals surface area (Å²) in [6, 6.07) is 8.04. The van der Waals surface area contributed by atoms with Gasteiger partial charge in [0, 0.05) is 37.4 Å². The molecular weight excluding hydrogens is 402 g/mol. The molecule has 0 atom stereocenters. The molecule has 27 heavy (non-hydrogen) atoms. The summed E-state index contributed by atoms with van der Waals surface area (Å²) in [5.41, 5.74) is -0.121. The third-order valence-electron chi connectivity index (χ3n) is 4.38. The highest BCUT2D eigenvalue weighted by atomic mass is 35.5. The fraction of sp³-hybridized carbons (Fsp3) is 0.333. The summed E-state index contributed by atoms with van der Waals surface area (Å²) in [6.07, 6.45) is -3.51. The molecule has 1 amide bonds. The van der Waals surface area contributed by atoms with E-state index in [-0.39, 0.29) is 17.4 Å². The van der Waals surface area contributed by atoms with Gasteiger partial charge in [-0.3, -0.25) is 4.79 Å². The zero-order valence-corrected chi connectivity index (χ0v) is 15.7. The normalized spacial score (nSPS) is 15.1. The summed E-state index contributed by atoms with van der Waals surface area (Å²) < 4.78 is 38.2. The highest BCUT2D eigenvalue weighted by Gasteiger charge is 2.32. The molecule has 0 radical (unpaired) electrons. The first kappa shape index (κ1) is 19.8. The van der Waals surface area contributed by atoms with Gasteiger partial charge in [-0.2, -0.15) is 13.2 Å². The van der Waals surface area contributed by atoms with E-state index in [2.05, 4.69) is 4.98 Å². The average molecular weight is 418 g/mol. The smallest absolute Gasteiger partial charge is 0.352 e. The van der Waals surface area contributed by atoms with Crippen molar-refractivity contribution in [3.8, 4) is 0 Å². The lowest BCUT2D eigenvalue weighted by atomic mass is 10.1. The number of anilines is 1. The van der Waals surface area contributed by atoms with Crippen molar-refractivity contribution in [3.63, 3.8) is 0 Å². The topological polar surface area (TPSA) is 36.4 Å².